The molecule has 3 aromatic rings. The van der Waals surface area contributed by atoms with E-state index in [-0.39, 0.29) is 0 Å². The smallest absolute Gasteiger partial charge is 0.129 e. The second-order valence-corrected chi connectivity index (χ2v) is 5.52. The minimum atomic E-state index is 0.968. The Morgan fingerprint density at radius 2 is 1.22 bits per heavy atom. The van der Waals surface area contributed by atoms with Crippen molar-refractivity contribution in [2.75, 3.05) is 12.5 Å². The van der Waals surface area contributed by atoms with Crippen LogP contribution in [0.15, 0.2) is 46.5 Å². The number of hydrogen-bond donors (Lipinski definition) is 0. The van der Waals surface area contributed by atoms with Crippen LogP contribution in [0.1, 0.15) is 0 Å². The summed E-state index contributed by atoms with van der Waals surface area (Å²) in [6.45, 7) is 0. The molecule has 2 aromatic carbocycles. The Hall–Kier alpha value is -1.26. The summed E-state index contributed by atoms with van der Waals surface area (Å²) >= 11 is 3.29. The van der Waals surface area contributed by atoms with Crippen LogP contribution in [0, 0.1) is 0 Å². The van der Waals surface area contributed by atoms with Crippen LogP contribution in [0.4, 0.5) is 0 Å². The fraction of sp³-hybridized carbons (Fsp3) is 0.143. The van der Waals surface area contributed by atoms with Crippen molar-refractivity contribution in [3.63, 3.8) is 0 Å². The zero-order valence-electron chi connectivity index (χ0n) is 10.2. The zero-order chi connectivity index (χ0) is 12.5. The van der Waals surface area contributed by atoms with Gasteiger partial charge in [0.2, 0.25) is 0 Å². The molecule has 0 saturated heterocycles. The van der Waals surface area contributed by atoms with Gasteiger partial charge < -0.3 is 0 Å². The summed E-state index contributed by atoms with van der Waals surface area (Å²) in [6, 6.07) is 12.5. The summed E-state index contributed by atoms with van der Waals surface area (Å²) in [4.78, 5) is 9.39. The van der Waals surface area contributed by atoms with Gasteiger partial charge in [0.05, 0.1) is 11.0 Å². The van der Waals surface area contributed by atoms with Gasteiger partial charge in [-0.1, -0.05) is 24.3 Å². The van der Waals surface area contributed by atoms with Crippen molar-refractivity contribution in [3.8, 4) is 0 Å². The third-order valence-electron chi connectivity index (χ3n) is 2.86. The third-order valence-corrected chi connectivity index (χ3v) is 4.33. The summed E-state index contributed by atoms with van der Waals surface area (Å²) < 4.78 is 0. The van der Waals surface area contributed by atoms with Gasteiger partial charge in [0.15, 0.2) is 0 Å². The molecule has 0 radical (unpaired) electrons. The van der Waals surface area contributed by atoms with Crippen molar-refractivity contribution >= 4 is 45.3 Å². The minimum Gasteiger partial charge on any atom is -0.237 e. The number of thioether (sulfide) groups is 2. The molecule has 0 saturated carbocycles. The van der Waals surface area contributed by atoms with E-state index in [0.29, 0.717) is 0 Å². The third kappa shape index (κ3) is 1.95. The molecule has 18 heavy (non-hydrogen) atoms. The van der Waals surface area contributed by atoms with E-state index in [1.165, 1.54) is 10.8 Å². The molecule has 0 aliphatic heterocycles. The monoisotopic (exact) mass is 272 g/mol. The van der Waals surface area contributed by atoms with Gasteiger partial charge in [0, 0.05) is 0 Å². The predicted octanol–water partition coefficient (Wildman–Crippen LogP) is 4.23. The highest BCUT2D eigenvalue weighted by molar-refractivity contribution is 8.01. The maximum atomic E-state index is 4.69. The molecule has 0 N–H and O–H groups in total. The SMILES string of the molecule is CSc1nc2cc3ccccc3cc2nc1SC. The van der Waals surface area contributed by atoms with Crippen molar-refractivity contribution in [1.82, 2.24) is 9.97 Å². The lowest BCUT2D eigenvalue weighted by Gasteiger charge is -2.06. The number of fused-ring (bicyclic) bond motifs is 2. The highest BCUT2D eigenvalue weighted by atomic mass is 32.2. The van der Waals surface area contributed by atoms with Gasteiger partial charge in [-0.3, -0.25) is 0 Å². The molecule has 90 valence electrons. The van der Waals surface area contributed by atoms with E-state index in [0.717, 1.165) is 21.1 Å². The van der Waals surface area contributed by atoms with Crippen LogP contribution in [-0.4, -0.2) is 22.5 Å². The summed E-state index contributed by atoms with van der Waals surface area (Å²) in [7, 11) is 0. The first-order valence-corrected chi connectivity index (χ1v) is 8.05. The number of rotatable bonds is 2. The number of nitrogens with zero attached hydrogens (tertiary/aromatic N) is 2. The fourth-order valence-corrected chi connectivity index (χ4v) is 3.30. The van der Waals surface area contributed by atoms with Gasteiger partial charge in [0.1, 0.15) is 10.1 Å². The maximum Gasteiger partial charge on any atom is 0.129 e. The Bertz CT molecular complexity index is 663. The van der Waals surface area contributed by atoms with E-state index < -0.39 is 0 Å². The van der Waals surface area contributed by atoms with E-state index in [2.05, 4.69) is 24.3 Å². The van der Waals surface area contributed by atoms with E-state index in [9.17, 15) is 0 Å². The quantitative estimate of drug-likeness (QED) is 0.515. The second-order valence-electron chi connectivity index (χ2n) is 3.93. The van der Waals surface area contributed by atoms with Crippen LogP contribution >= 0.6 is 23.5 Å². The zero-order valence-corrected chi connectivity index (χ0v) is 11.8. The lowest BCUT2D eigenvalue weighted by molar-refractivity contribution is 0.975. The number of hydrogen-bond acceptors (Lipinski definition) is 4. The molecular weight excluding hydrogens is 260 g/mol. The van der Waals surface area contributed by atoms with Crippen molar-refractivity contribution < 1.29 is 0 Å². The highest BCUT2D eigenvalue weighted by Crippen LogP contribution is 2.28. The molecule has 0 aliphatic carbocycles. The summed E-state index contributed by atoms with van der Waals surface area (Å²) in [6.07, 6.45) is 4.08. The summed E-state index contributed by atoms with van der Waals surface area (Å²) in [5.74, 6) is 0. The first-order valence-electron chi connectivity index (χ1n) is 5.60. The Morgan fingerprint density at radius 3 is 1.61 bits per heavy atom. The van der Waals surface area contributed by atoms with Gasteiger partial charge in [-0.05, 0) is 35.4 Å². The van der Waals surface area contributed by atoms with E-state index >= 15 is 0 Å². The van der Waals surface area contributed by atoms with E-state index in [1.807, 2.05) is 24.6 Å². The Balaban J connectivity index is 2.36. The molecule has 2 nitrogen and oxygen atoms in total. The van der Waals surface area contributed by atoms with Crippen molar-refractivity contribution in [3.05, 3.63) is 36.4 Å². The van der Waals surface area contributed by atoms with Crippen LogP contribution in [0.3, 0.4) is 0 Å². The van der Waals surface area contributed by atoms with Gasteiger partial charge in [0.25, 0.3) is 0 Å². The molecule has 1 heterocycles. The molecule has 4 heteroatoms. The molecule has 0 fully saturated rings. The van der Waals surface area contributed by atoms with Gasteiger partial charge in [-0.25, -0.2) is 9.97 Å². The standard InChI is InChI=1S/C14H12N2S2/c1-17-13-14(18-2)16-12-8-10-6-4-3-5-9(10)7-11(12)15-13/h3-8H,1-2H3. The van der Waals surface area contributed by atoms with Crippen molar-refractivity contribution in [2.45, 2.75) is 10.1 Å². The van der Waals surface area contributed by atoms with Gasteiger partial charge in [-0.15, -0.1) is 23.5 Å². The summed E-state index contributed by atoms with van der Waals surface area (Å²) in [5.41, 5.74) is 1.94. The molecule has 1 aromatic heterocycles. The van der Waals surface area contributed by atoms with Crippen LogP contribution in [0.25, 0.3) is 21.8 Å². The van der Waals surface area contributed by atoms with Gasteiger partial charge >= 0.3 is 0 Å². The number of benzene rings is 2. The Labute approximate surface area is 114 Å². The molecule has 0 unspecified atom stereocenters. The Morgan fingerprint density at radius 1 is 0.778 bits per heavy atom. The average Bonchev–Trinajstić information content (AvgIpc) is 2.43. The minimum absolute atomic E-state index is 0.968. The van der Waals surface area contributed by atoms with Crippen LogP contribution in [0.5, 0.6) is 0 Å². The topological polar surface area (TPSA) is 25.8 Å². The van der Waals surface area contributed by atoms with Crippen LogP contribution in [0.2, 0.25) is 0 Å². The molecular formula is C14H12N2S2. The molecule has 0 amide bonds. The van der Waals surface area contributed by atoms with Crippen LogP contribution in [-0.2, 0) is 0 Å². The molecule has 3 rings (SSSR count). The first kappa shape index (κ1) is 11.8. The first-order chi connectivity index (χ1) is 8.81. The molecule has 0 atom stereocenters. The normalized spacial score (nSPS) is 11.2. The van der Waals surface area contributed by atoms with Gasteiger partial charge in [-0.2, -0.15) is 0 Å². The van der Waals surface area contributed by atoms with E-state index in [4.69, 9.17) is 9.97 Å². The lowest BCUT2D eigenvalue weighted by Crippen LogP contribution is -1.91. The Kier molecular flexibility index (Phi) is 3.14. The molecule has 0 spiro atoms. The fourth-order valence-electron chi connectivity index (χ4n) is 1.98. The second kappa shape index (κ2) is 4.78. The van der Waals surface area contributed by atoms with Crippen molar-refractivity contribution in [1.29, 1.82) is 0 Å². The van der Waals surface area contributed by atoms with Crippen molar-refractivity contribution in [2.24, 2.45) is 0 Å². The van der Waals surface area contributed by atoms with Crippen LogP contribution < -0.4 is 0 Å². The molecule has 0 aliphatic rings. The number of aromatic nitrogens is 2. The maximum absolute atomic E-state index is 4.69. The highest BCUT2D eigenvalue weighted by Gasteiger charge is 2.07. The molecule has 0 bridgehead atoms. The lowest BCUT2D eigenvalue weighted by atomic mass is 10.1. The predicted molar refractivity (Wildman–Crippen MR) is 80.6 cm³/mol. The van der Waals surface area contributed by atoms with E-state index in [1.54, 1.807) is 23.5 Å². The largest absolute Gasteiger partial charge is 0.237 e. The average molecular weight is 272 g/mol. The summed E-state index contributed by atoms with van der Waals surface area (Å²) in [5, 5.41) is 4.43.